The quantitative estimate of drug-likeness (QED) is 0.785. The van der Waals surface area contributed by atoms with Gasteiger partial charge >= 0.3 is 5.97 Å². The summed E-state index contributed by atoms with van der Waals surface area (Å²) in [6.45, 7) is 3.25. The van der Waals surface area contributed by atoms with Crippen molar-refractivity contribution in [1.82, 2.24) is 0 Å². The molecule has 0 aromatic carbocycles. The Bertz CT molecular complexity index is 639. The lowest BCUT2D eigenvalue weighted by Gasteiger charge is -2.08. The standard InChI is InChI=1S/C12H8Cl2O5/c1-3-18-12(17)10-4(2)5-8(15)6(13)7(14)9(16)11(5)19-10/h3H2,1-2H3. The first-order valence-electron chi connectivity index (χ1n) is 5.35. The summed E-state index contributed by atoms with van der Waals surface area (Å²) in [5.41, 5.74) is 0.177. The lowest BCUT2D eigenvalue weighted by molar-refractivity contribution is 0.0487. The molecule has 19 heavy (non-hydrogen) atoms. The highest BCUT2D eigenvalue weighted by Crippen LogP contribution is 2.35. The van der Waals surface area contributed by atoms with Gasteiger partial charge in [0.05, 0.1) is 12.2 Å². The number of Topliss-reactive ketones (excluding diaryl/α,β-unsaturated/α-hetero) is 2. The number of carbonyl (C=O) groups is 3. The predicted molar refractivity (Wildman–Crippen MR) is 66.8 cm³/mol. The Hall–Kier alpha value is -1.59. The van der Waals surface area contributed by atoms with Crippen molar-refractivity contribution >= 4 is 40.7 Å². The van der Waals surface area contributed by atoms with E-state index in [0.29, 0.717) is 0 Å². The number of rotatable bonds is 2. The molecule has 0 bridgehead atoms. The first-order valence-corrected chi connectivity index (χ1v) is 6.10. The van der Waals surface area contributed by atoms with Crippen LogP contribution in [0.2, 0.25) is 0 Å². The highest BCUT2D eigenvalue weighted by Gasteiger charge is 2.38. The molecule has 7 heteroatoms. The zero-order valence-corrected chi connectivity index (χ0v) is 11.5. The number of allylic oxidation sites excluding steroid dienone is 2. The second-order valence-corrected chi connectivity index (χ2v) is 4.52. The van der Waals surface area contributed by atoms with Gasteiger partial charge in [-0.25, -0.2) is 4.79 Å². The van der Waals surface area contributed by atoms with Crippen LogP contribution >= 0.6 is 23.2 Å². The maximum atomic E-state index is 11.9. The summed E-state index contributed by atoms with van der Waals surface area (Å²) < 4.78 is 9.91. The number of hydrogen-bond donors (Lipinski definition) is 0. The number of furan rings is 1. The Morgan fingerprint density at radius 2 is 1.79 bits per heavy atom. The molecule has 0 saturated carbocycles. The smallest absolute Gasteiger partial charge is 0.374 e. The van der Waals surface area contributed by atoms with Crippen LogP contribution in [0, 0.1) is 6.92 Å². The van der Waals surface area contributed by atoms with Crippen molar-refractivity contribution in [1.29, 1.82) is 0 Å². The Kier molecular flexibility index (Phi) is 3.52. The van der Waals surface area contributed by atoms with Crippen molar-refractivity contribution in [3.8, 4) is 0 Å². The summed E-state index contributed by atoms with van der Waals surface area (Å²) in [4.78, 5) is 35.4. The van der Waals surface area contributed by atoms with E-state index in [1.54, 1.807) is 6.92 Å². The van der Waals surface area contributed by atoms with Gasteiger partial charge in [0.1, 0.15) is 10.1 Å². The maximum Gasteiger partial charge on any atom is 0.374 e. The fourth-order valence-electron chi connectivity index (χ4n) is 1.75. The fourth-order valence-corrected chi connectivity index (χ4v) is 2.10. The Morgan fingerprint density at radius 1 is 1.21 bits per heavy atom. The van der Waals surface area contributed by atoms with Gasteiger partial charge in [0, 0.05) is 5.56 Å². The number of ether oxygens (including phenoxy) is 1. The minimum Gasteiger partial charge on any atom is -0.460 e. The Balaban J connectivity index is 2.61. The Morgan fingerprint density at radius 3 is 2.37 bits per heavy atom. The molecule has 0 aliphatic heterocycles. The van der Waals surface area contributed by atoms with Crippen molar-refractivity contribution in [3.05, 3.63) is 32.7 Å². The summed E-state index contributed by atoms with van der Waals surface area (Å²) in [6, 6.07) is 0. The van der Waals surface area contributed by atoms with Crippen LogP contribution in [-0.2, 0) is 4.74 Å². The first-order chi connectivity index (χ1) is 8.90. The van der Waals surface area contributed by atoms with Crippen LogP contribution in [0.25, 0.3) is 0 Å². The highest BCUT2D eigenvalue weighted by atomic mass is 35.5. The lowest BCUT2D eigenvalue weighted by Crippen LogP contribution is -2.16. The highest BCUT2D eigenvalue weighted by molar-refractivity contribution is 6.59. The molecule has 0 atom stereocenters. The largest absolute Gasteiger partial charge is 0.460 e. The fraction of sp³-hybridized carbons (Fsp3) is 0.250. The van der Waals surface area contributed by atoms with Crippen LogP contribution in [0.3, 0.4) is 0 Å². The summed E-state index contributed by atoms with van der Waals surface area (Å²) in [7, 11) is 0. The zero-order chi connectivity index (χ0) is 14.3. The minimum absolute atomic E-state index is 0.0394. The molecule has 100 valence electrons. The number of fused-ring (bicyclic) bond motifs is 1. The van der Waals surface area contributed by atoms with E-state index in [1.807, 2.05) is 0 Å². The van der Waals surface area contributed by atoms with Gasteiger partial charge in [0.25, 0.3) is 0 Å². The molecule has 1 aromatic rings. The lowest BCUT2D eigenvalue weighted by atomic mass is 9.98. The van der Waals surface area contributed by atoms with Crippen LogP contribution in [0.4, 0.5) is 0 Å². The van der Waals surface area contributed by atoms with Gasteiger partial charge in [0.2, 0.25) is 17.3 Å². The molecule has 0 unspecified atom stereocenters. The average molecular weight is 303 g/mol. The molecule has 0 radical (unpaired) electrons. The number of carbonyl (C=O) groups excluding carboxylic acids is 3. The molecule has 0 fully saturated rings. The van der Waals surface area contributed by atoms with Gasteiger partial charge in [-0.3, -0.25) is 9.59 Å². The third kappa shape index (κ3) is 1.99. The number of hydrogen-bond acceptors (Lipinski definition) is 5. The molecule has 0 amide bonds. The number of ketones is 2. The van der Waals surface area contributed by atoms with E-state index in [2.05, 4.69) is 0 Å². The van der Waals surface area contributed by atoms with Crippen LogP contribution < -0.4 is 0 Å². The van der Waals surface area contributed by atoms with E-state index in [0.717, 1.165) is 0 Å². The average Bonchev–Trinajstić information content (AvgIpc) is 2.72. The third-order valence-electron chi connectivity index (χ3n) is 2.63. The molecular formula is C12H8Cl2O5. The normalized spacial score (nSPS) is 14.7. The molecule has 1 aromatic heterocycles. The van der Waals surface area contributed by atoms with Crippen molar-refractivity contribution in [2.24, 2.45) is 0 Å². The molecule has 1 aliphatic rings. The van der Waals surface area contributed by atoms with Crippen molar-refractivity contribution in [2.45, 2.75) is 13.8 Å². The molecule has 1 heterocycles. The summed E-state index contributed by atoms with van der Waals surface area (Å²) in [5.74, 6) is -2.58. The monoisotopic (exact) mass is 302 g/mol. The summed E-state index contributed by atoms with van der Waals surface area (Å²) >= 11 is 11.3. The van der Waals surface area contributed by atoms with Crippen LogP contribution in [-0.4, -0.2) is 24.1 Å². The first kappa shape index (κ1) is 13.8. The van der Waals surface area contributed by atoms with Crippen molar-refractivity contribution in [3.63, 3.8) is 0 Å². The van der Waals surface area contributed by atoms with Gasteiger partial charge in [-0.2, -0.15) is 0 Å². The molecular weight excluding hydrogens is 295 g/mol. The van der Waals surface area contributed by atoms with E-state index >= 15 is 0 Å². The van der Waals surface area contributed by atoms with Crippen LogP contribution in [0.15, 0.2) is 14.5 Å². The summed E-state index contributed by atoms with van der Waals surface area (Å²) in [6.07, 6.45) is 0. The molecule has 2 rings (SSSR count). The van der Waals surface area contributed by atoms with Crippen molar-refractivity contribution < 1.29 is 23.5 Å². The van der Waals surface area contributed by atoms with E-state index in [1.165, 1.54) is 6.92 Å². The maximum absolute atomic E-state index is 11.9. The minimum atomic E-state index is -0.748. The molecule has 1 aliphatic carbocycles. The SMILES string of the molecule is CCOC(=O)c1oc2c(c1C)C(=O)C(Cl)=C(Cl)C2=O. The van der Waals surface area contributed by atoms with E-state index in [9.17, 15) is 14.4 Å². The zero-order valence-electron chi connectivity index (χ0n) is 10.0. The van der Waals surface area contributed by atoms with E-state index in [-0.39, 0.29) is 34.3 Å². The van der Waals surface area contributed by atoms with Crippen molar-refractivity contribution in [2.75, 3.05) is 6.61 Å². The molecule has 0 spiro atoms. The molecule has 0 saturated heterocycles. The predicted octanol–water partition coefficient (Wildman–Crippen LogP) is 2.83. The number of esters is 1. The summed E-state index contributed by atoms with van der Waals surface area (Å²) in [5, 5.41) is -0.790. The van der Waals surface area contributed by atoms with Crippen LogP contribution in [0.5, 0.6) is 0 Å². The van der Waals surface area contributed by atoms with Gasteiger partial charge in [-0.15, -0.1) is 0 Å². The molecule has 0 N–H and O–H groups in total. The third-order valence-corrected chi connectivity index (χ3v) is 3.45. The molecule has 5 nitrogen and oxygen atoms in total. The van der Waals surface area contributed by atoms with Gasteiger partial charge in [-0.05, 0) is 13.8 Å². The second-order valence-electron chi connectivity index (χ2n) is 3.77. The van der Waals surface area contributed by atoms with Gasteiger partial charge in [0.15, 0.2) is 5.76 Å². The van der Waals surface area contributed by atoms with Gasteiger partial charge in [-0.1, -0.05) is 23.2 Å². The topological polar surface area (TPSA) is 73.6 Å². The van der Waals surface area contributed by atoms with Crippen LogP contribution in [0.1, 0.15) is 44.0 Å². The van der Waals surface area contributed by atoms with Gasteiger partial charge < -0.3 is 9.15 Å². The van der Waals surface area contributed by atoms with E-state index in [4.69, 9.17) is 32.4 Å². The number of halogens is 2. The van der Waals surface area contributed by atoms with E-state index < -0.39 is 22.6 Å². The Labute approximate surface area is 118 Å². The second kappa shape index (κ2) is 4.83.